The molecule has 1 nitrogen and oxygen atoms in total. The molecular weight excluding hydrogens is 311 g/mol. The van der Waals surface area contributed by atoms with Gasteiger partial charge in [0.15, 0.2) is 0 Å². The van der Waals surface area contributed by atoms with Crippen molar-refractivity contribution in [1.29, 1.82) is 0 Å². The van der Waals surface area contributed by atoms with Gasteiger partial charge in [-0.2, -0.15) is 0 Å². The van der Waals surface area contributed by atoms with Gasteiger partial charge in [-0.25, -0.2) is 4.98 Å². The fourth-order valence-corrected chi connectivity index (χ4v) is 2.43. The molecule has 0 spiro atoms. The Labute approximate surface area is 117 Å². The summed E-state index contributed by atoms with van der Waals surface area (Å²) in [5.74, 6) is 0. The fourth-order valence-electron chi connectivity index (χ4n) is 1.34. The largest absolute Gasteiger partial charge is 0.247 e. The van der Waals surface area contributed by atoms with Gasteiger partial charge in [0.05, 0.1) is 15.6 Å². The van der Waals surface area contributed by atoms with Gasteiger partial charge in [0.2, 0.25) is 3.79 Å². The lowest BCUT2D eigenvalue weighted by Gasteiger charge is -2.14. The molecule has 0 aliphatic heterocycles. The molecule has 6 heteroatoms. The smallest absolute Gasteiger partial charge is 0.234 e. The van der Waals surface area contributed by atoms with Gasteiger partial charge >= 0.3 is 0 Å². The van der Waals surface area contributed by atoms with E-state index in [1.807, 2.05) is 12.1 Å². The van der Waals surface area contributed by atoms with Crippen LogP contribution in [0.25, 0.3) is 10.9 Å². The summed E-state index contributed by atoms with van der Waals surface area (Å²) >= 11 is 29.4. The Morgan fingerprint density at radius 2 is 1.56 bits per heavy atom. The summed E-state index contributed by atoms with van der Waals surface area (Å²) in [7, 11) is 0. The normalized spacial score (nSPS) is 12.1. The van der Waals surface area contributed by atoms with E-state index in [0.717, 1.165) is 5.39 Å². The van der Waals surface area contributed by atoms with Crippen molar-refractivity contribution in [2.24, 2.45) is 0 Å². The van der Waals surface area contributed by atoms with Crippen molar-refractivity contribution >= 4 is 68.9 Å². The van der Waals surface area contributed by atoms with E-state index in [9.17, 15) is 0 Å². The number of nitrogens with zero attached hydrogens (tertiary/aromatic N) is 1. The number of fused-ring (bicyclic) bond motifs is 1. The number of benzene rings is 1. The van der Waals surface area contributed by atoms with Crippen LogP contribution in [-0.2, 0) is 3.79 Å². The molecule has 0 radical (unpaired) electrons. The number of hydrogen-bond acceptors (Lipinski definition) is 1. The minimum Gasteiger partial charge on any atom is -0.247 e. The predicted octanol–water partition coefficient (Wildman–Crippen LogP) is 5.37. The summed E-state index contributed by atoms with van der Waals surface area (Å²) in [5, 5.41) is 1.24. The zero-order valence-electron chi connectivity index (χ0n) is 7.65. The summed E-state index contributed by atoms with van der Waals surface area (Å²) in [4.78, 5) is 4.19. The molecule has 1 heterocycles. The molecule has 2 rings (SSSR count). The van der Waals surface area contributed by atoms with Crippen molar-refractivity contribution in [3.05, 3.63) is 40.0 Å². The second-order valence-corrected chi connectivity index (χ2v) is 6.14. The van der Waals surface area contributed by atoms with E-state index in [0.29, 0.717) is 10.5 Å². The lowest BCUT2D eigenvalue weighted by atomic mass is 10.2. The molecule has 1 aromatic heterocycles. The van der Waals surface area contributed by atoms with Crippen LogP contribution < -0.4 is 0 Å². The molecule has 84 valence electrons. The number of pyridine rings is 1. The average molecular weight is 315 g/mol. The molecule has 1 aromatic carbocycles. The average Bonchev–Trinajstić information content (AvgIpc) is 2.22. The van der Waals surface area contributed by atoms with Crippen LogP contribution in [0.5, 0.6) is 0 Å². The maximum atomic E-state index is 6.09. The predicted molar refractivity (Wildman–Crippen MR) is 71.0 cm³/mol. The van der Waals surface area contributed by atoms with E-state index in [2.05, 4.69) is 4.98 Å². The first-order chi connectivity index (χ1) is 7.41. The monoisotopic (exact) mass is 313 g/mol. The van der Waals surface area contributed by atoms with Crippen molar-refractivity contribution in [2.45, 2.75) is 3.79 Å². The molecule has 0 amide bonds. The number of alkyl halides is 3. The molecule has 0 unspecified atom stereocenters. The van der Waals surface area contributed by atoms with Crippen molar-refractivity contribution in [2.75, 3.05) is 0 Å². The van der Waals surface area contributed by atoms with E-state index >= 15 is 0 Å². The van der Waals surface area contributed by atoms with E-state index in [1.165, 1.54) is 0 Å². The number of aromatic nitrogens is 1. The Morgan fingerprint density at radius 3 is 2.19 bits per heavy atom. The van der Waals surface area contributed by atoms with E-state index in [4.69, 9.17) is 58.0 Å². The van der Waals surface area contributed by atoms with Crippen LogP contribution in [0.4, 0.5) is 0 Å². The molecule has 0 fully saturated rings. The highest BCUT2D eigenvalue weighted by molar-refractivity contribution is 6.67. The summed E-state index contributed by atoms with van der Waals surface area (Å²) in [6.45, 7) is 0. The lowest BCUT2D eigenvalue weighted by Crippen LogP contribution is -2.05. The van der Waals surface area contributed by atoms with Gasteiger partial charge in [0.1, 0.15) is 5.69 Å². The van der Waals surface area contributed by atoms with Crippen LogP contribution in [0.3, 0.4) is 0 Å². The van der Waals surface area contributed by atoms with Crippen LogP contribution in [0.1, 0.15) is 5.69 Å². The molecule has 0 atom stereocenters. The summed E-state index contributed by atoms with van der Waals surface area (Å²) in [6, 6.07) is 7.24. The van der Waals surface area contributed by atoms with Crippen LogP contribution in [-0.4, -0.2) is 4.98 Å². The Hall–Kier alpha value is 0.0800. The fraction of sp³-hybridized carbons (Fsp3) is 0.100. The number of hydrogen-bond donors (Lipinski definition) is 0. The second kappa shape index (κ2) is 4.40. The SMILES string of the molecule is Clc1c(C(Cl)(Cl)Cl)nc2ccccc2c1Cl. The van der Waals surface area contributed by atoms with Crippen LogP contribution in [0.2, 0.25) is 10.0 Å². The van der Waals surface area contributed by atoms with Crippen LogP contribution >= 0.6 is 58.0 Å². The lowest BCUT2D eigenvalue weighted by molar-refractivity contribution is 1.12. The van der Waals surface area contributed by atoms with E-state index < -0.39 is 3.79 Å². The van der Waals surface area contributed by atoms with Gasteiger partial charge in [-0.3, -0.25) is 0 Å². The molecule has 0 N–H and O–H groups in total. The van der Waals surface area contributed by atoms with Gasteiger partial charge in [0, 0.05) is 5.39 Å². The van der Waals surface area contributed by atoms with E-state index in [1.54, 1.807) is 12.1 Å². The second-order valence-electron chi connectivity index (χ2n) is 3.10. The van der Waals surface area contributed by atoms with Crippen molar-refractivity contribution in [3.63, 3.8) is 0 Å². The Morgan fingerprint density at radius 1 is 0.938 bits per heavy atom. The number of para-hydroxylation sites is 1. The van der Waals surface area contributed by atoms with Gasteiger partial charge in [-0.1, -0.05) is 76.2 Å². The molecule has 16 heavy (non-hydrogen) atoms. The third kappa shape index (κ3) is 2.20. The van der Waals surface area contributed by atoms with Gasteiger partial charge in [-0.15, -0.1) is 0 Å². The molecule has 0 aliphatic carbocycles. The molecule has 0 saturated heterocycles. The quantitative estimate of drug-likeness (QED) is 0.596. The molecular formula is C10H4Cl5N. The van der Waals surface area contributed by atoms with Crippen LogP contribution in [0, 0.1) is 0 Å². The van der Waals surface area contributed by atoms with Crippen molar-refractivity contribution < 1.29 is 0 Å². The number of halogens is 5. The number of rotatable bonds is 0. The first kappa shape index (κ1) is 12.5. The zero-order chi connectivity index (χ0) is 11.9. The minimum atomic E-state index is -1.69. The van der Waals surface area contributed by atoms with Gasteiger partial charge in [-0.05, 0) is 6.07 Å². The zero-order valence-corrected chi connectivity index (χ0v) is 11.4. The third-order valence-electron chi connectivity index (χ3n) is 2.04. The summed E-state index contributed by atoms with van der Waals surface area (Å²) in [6.07, 6.45) is 0. The van der Waals surface area contributed by atoms with E-state index in [-0.39, 0.29) is 10.7 Å². The highest BCUT2D eigenvalue weighted by atomic mass is 35.6. The molecule has 0 saturated carbocycles. The van der Waals surface area contributed by atoms with Gasteiger partial charge < -0.3 is 0 Å². The van der Waals surface area contributed by atoms with Gasteiger partial charge in [0.25, 0.3) is 0 Å². The molecule has 0 bridgehead atoms. The highest BCUT2D eigenvalue weighted by Gasteiger charge is 2.29. The first-order valence-corrected chi connectivity index (χ1v) is 6.11. The Kier molecular flexibility index (Phi) is 3.44. The van der Waals surface area contributed by atoms with Crippen molar-refractivity contribution in [3.8, 4) is 0 Å². The maximum Gasteiger partial charge on any atom is 0.234 e. The van der Waals surface area contributed by atoms with Crippen LogP contribution in [0.15, 0.2) is 24.3 Å². The summed E-state index contributed by atoms with van der Waals surface area (Å²) < 4.78 is -1.69. The minimum absolute atomic E-state index is 0.142. The third-order valence-corrected chi connectivity index (χ3v) is 3.44. The maximum absolute atomic E-state index is 6.09. The van der Waals surface area contributed by atoms with Crippen molar-refractivity contribution in [1.82, 2.24) is 4.98 Å². The molecule has 2 aromatic rings. The molecule has 0 aliphatic rings. The summed E-state index contributed by atoms with van der Waals surface area (Å²) in [5.41, 5.74) is 0.779. The highest BCUT2D eigenvalue weighted by Crippen LogP contribution is 2.44. The Balaban J connectivity index is 2.84. The standard InChI is InChI=1S/C10H4Cl5N/c11-7-5-3-1-2-4-6(5)16-9(8(7)12)10(13,14)15/h1-4H. The first-order valence-electron chi connectivity index (χ1n) is 4.22. The topological polar surface area (TPSA) is 12.9 Å². The Bertz CT molecular complexity index is 547.